The van der Waals surface area contributed by atoms with Gasteiger partial charge >= 0.3 is 0 Å². The smallest absolute Gasteiger partial charge is 0.293 e. The van der Waals surface area contributed by atoms with Crippen molar-refractivity contribution in [2.24, 2.45) is 5.10 Å². The van der Waals surface area contributed by atoms with Crippen molar-refractivity contribution in [2.45, 2.75) is 13.2 Å². The number of hydrogen-bond acceptors (Lipinski definition) is 11. The summed E-state index contributed by atoms with van der Waals surface area (Å²) in [5.41, 5.74) is 10.8. The third-order valence-corrected chi connectivity index (χ3v) is 5.64. The van der Waals surface area contributed by atoms with E-state index < -0.39 is 5.91 Å². The van der Waals surface area contributed by atoms with Gasteiger partial charge in [-0.2, -0.15) is 9.78 Å². The van der Waals surface area contributed by atoms with Crippen LogP contribution in [0.4, 0.5) is 5.82 Å². The molecule has 37 heavy (non-hydrogen) atoms. The number of rotatable bonds is 9. The van der Waals surface area contributed by atoms with Crippen molar-refractivity contribution in [3.8, 4) is 11.6 Å². The molecule has 190 valence electrons. The molecule has 0 saturated carbocycles. The van der Waals surface area contributed by atoms with Crippen LogP contribution in [0.2, 0.25) is 0 Å². The molecule has 2 aromatic heterocycles. The lowest BCUT2D eigenvalue weighted by Gasteiger charge is -2.26. The molecule has 1 amide bonds. The fourth-order valence-electron chi connectivity index (χ4n) is 3.74. The zero-order valence-corrected chi connectivity index (χ0v) is 19.9. The van der Waals surface area contributed by atoms with Crippen LogP contribution in [0.25, 0.3) is 5.82 Å². The molecule has 5 rings (SSSR count). The molecule has 0 radical (unpaired) electrons. The molecule has 3 heterocycles. The molecule has 2 aromatic carbocycles. The average molecular weight is 504 g/mol. The van der Waals surface area contributed by atoms with E-state index in [1.54, 1.807) is 0 Å². The molecule has 0 aliphatic carbocycles. The Labute approximate surface area is 211 Å². The van der Waals surface area contributed by atoms with Crippen molar-refractivity contribution in [2.75, 3.05) is 32.0 Å². The van der Waals surface area contributed by atoms with Crippen LogP contribution in [0.15, 0.2) is 64.3 Å². The molecular weight excluding hydrogens is 478 g/mol. The van der Waals surface area contributed by atoms with Gasteiger partial charge in [-0.25, -0.2) is 10.1 Å². The van der Waals surface area contributed by atoms with E-state index in [-0.39, 0.29) is 17.3 Å². The molecule has 0 spiro atoms. The number of benzene rings is 2. The molecule has 0 atom stereocenters. The van der Waals surface area contributed by atoms with E-state index in [0.29, 0.717) is 50.9 Å². The number of morpholine rings is 1. The molecule has 1 fully saturated rings. The van der Waals surface area contributed by atoms with Crippen LogP contribution in [0, 0.1) is 0 Å². The molecule has 1 saturated heterocycles. The lowest BCUT2D eigenvalue weighted by molar-refractivity contribution is 0.0332. The van der Waals surface area contributed by atoms with Crippen LogP contribution >= 0.6 is 0 Å². The molecule has 1 aliphatic heterocycles. The molecule has 13 nitrogen and oxygen atoms in total. The Morgan fingerprint density at radius 3 is 2.76 bits per heavy atom. The van der Waals surface area contributed by atoms with Gasteiger partial charge < -0.3 is 15.2 Å². The number of aromatic nitrogens is 5. The molecule has 4 aromatic rings. The number of nitrogens with two attached hydrogens (primary N) is 1. The van der Waals surface area contributed by atoms with Gasteiger partial charge in [-0.15, -0.1) is 5.10 Å². The van der Waals surface area contributed by atoms with Crippen molar-refractivity contribution in [1.29, 1.82) is 0 Å². The minimum absolute atomic E-state index is 0.0347. The Morgan fingerprint density at radius 1 is 1.14 bits per heavy atom. The minimum Gasteiger partial charge on any atom is -0.489 e. The quantitative estimate of drug-likeness (QED) is 0.253. The molecule has 0 unspecified atom stereocenters. The summed E-state index contributed by atoms with van der Waals surface area (Å²) in [6.07, 6.45) is 1.53. The molecule has 0 bridgehead atoms. The van der Waals surface area contributed by atoms with E-state index in [0.717, 1.165) is 11.1 Å². The maximum atomic E-state index is 13.0. The third-order valence-electron chi connectivity index (χ3n) is 5.64. The predicted octanol–water partition coefficient (Wildman–Crippen LogP) is 1.41. The Kier molecular flexibility index (Phi) is 7.43. The van der Waals surface area contributed by atoms with Crippen LogP contribution in [-0.2, 0) is 17.9 Å². The number of nitrogens with one attached hydrogen (secondary N) is 1. The van der Waals surface area contributed by atoms with Crippen LogP contribution in [0.5, 0.6) is 5.75 Å². The average Bonchev–Trinajstić information content (AvgIpc) is 3.54. The van der Waals surface area contributed by atoms with E-state index in [9.17, 15) is 4.79 Å². The summed E-state index contributed by atoms with van der Waals surface area (Å²) in [5, 5.41) is 19.6. The van der Waals surface area contributed by atoms with Gasteiger partial charge in [-0.1, -0.05) is 47.7 Å². The second-order valence-electron chi connectivity index (χ2n) is 8.20. The monoisotopic (exact) mass is 503 g/mol. The van der Waals surface area contributed by atoms with Gasteiger partial charge in [0.25, 0.3) is 5.91 Å². The van der Waals surface area contributed by atoms with E-state index in [1.807, 2.05) is 54.6 Å². The number of hydrogen-bond donors (Lipinski definition) is 2. The minimum atomic E-state index is -0.530. The van der Waals surface area contributed by atoms with Gasteiger partial charge in [-0.05, 0) is 33.6 Å². The lowest BCUT2D eigenvalue weighted by atomic mass is 10.2. The second kappa shape index (κ2) is 11.4. The topological polar surface area (TPSA) is 159 Å². The van der Waals surface area contributed by atoms with Crippen LogP contribution in [-0.4, -0.2) is 68.6 Å². The fourth-order valence-corrected chi connectivity index (χ4v) is 3.74. The van der Waals surface area contributed by atoms with Crippen LogP contribution in [0.1, 0.15) is 27.3 Å². The molecule has 1 aliphatic rings. The first-order chi connectivity index (χ1) is 18.2. The van der Waals surface area contributed by atoms with Crippen molar-refractivity contribution >= 4 is 17.9 Å². The number of amides is 1. The molecule has 3 N–H and O–H groups in total. The Morgan fingerprint density at radius 2 is 1.97 bits per heavy atom. The van der Waals surface area contributed by atoms with Crippen molar-refractivity contribution in [1.82, 2.24) is 35.6 Å². The van der Waals surface area contributed by atoms with Crippen LogP contribution < -0.4 is 15.9 Å². The van der Waals surface area contributed by atoms with Crippen LogP contribution in [0.3, 0.4) is 0 Å². The summed E-state index contributed by atoms with van der Waals surface area (Å²) >= 11 is 0. The molecular formula is C24H25N9O4. The van der Waals surface area contributed by atoms with Crippen molar-refractivity contribution in [3.05, 3.63) is 77.1 Å². The number of ether oxygens (including phenoxy) is 2. The largest absolute Gasteiger partial charge is 0.489 e. The summed E-state index contributed by atoms with van der Waals surface area (Å²) in [6.45, 7) is 3.39. The Hall–Kier alpha value is -4.62. The standard InChI is InChI=1S/C24H25N9O4/c25-22-23(30-37-29-22)33-20(15-32-9-11-35-12-10-32)21(27-31-33)24(34)28-26-14-18-7-4-8-19(13-18)36-16-17-5-2-1-3-6-17/h1-8,13-14H,9-12,15-16H2,(H2,25,29)(H,28,34)/b26-14-. The first kappa shape index (κ1) is 24.1. The number of carbonyl (C=O) groups is 1. The lowest BCUT2D eigenvalue weighted by Crippen LogP contribution is -2.37. The van der Waals surface area contributed by atoms with E-state index in [2.05, 4.69) is 36.1 Å². The summed E-state index contributed by atoms with van der Waals surface area (Å²) in [7, 11) is 0. The van der Waals surface area contributed by atoms with Gasteiger partial charge in [0.15, 0.2) is 5.69 Å². The summed E-state index contributed by atoms with van der Waals surface area (Å²) in [6, 6.07) is 17.3. The number of nitrogen functional groups attached to an aromatic ring is 1. The number of hydrazone groups is 1. The zero-order valence-electron chi connectivity index (χ0n) is 19.9. The SMILES string of the molecule is Nc1nonc1-n1nnc(C(=O)N/N=C\c2cccc(OCc3ccccc3)c2)c1CN1CCOCC1. The van der Waals surface area contributed by atoms with E-state index in [1.165, 1.54) is 10.9 Å². The summed E-state index contributed by atoms with van der Waals surface area (Å²) in [5.74, 6) is 0.351. The van der Waals surface area contributed by atoms with Gasteiger partial charge in [-0.3, -0.25) is 9.69 Å². The van der Waals surface area contributed by atoms with Gasteiger partial charge in [0.1, 0.15) is 12.4 Å². The second-order valence-corrected chi connectivity index (χ2v) is 8.20. The van der Waals surface area contributed by atoms with Crippen molar-refractivity contribution < 1.29 is 18.9 Å². The van der Waals surface area contributed by atoms with E-state index >= 15 is 0 Å². The summed E-state index contributed by atoms with van der Waals surface area (Å²) in [4.78, 5) is 15.1. The Balaban J connectivity index is 1.28. The van der Waals surface area contributed by atoms with E-state index in [4.69, 9.17) is 19.8 Å². The number of nitrogens with zero attached hydrogens (tertiary/aromatic N) is 7. The zero-order chi connectivity index (χ0) is 25.5. The number of carbonyl (C=O) groups excluding carboxylic acids is 1. The first-order valence-electron chi connectivity index (χ1n) is 11.6. The first-order valence-corrected chi connectivity index (χ1v) is 11.6. The highest BCUT2D eigenvalue weighted by molar-refractivity contribution is 5.94. The van der Waals surface area contributed by atoms with Crippen molar-refractivity contribution in [3.63, 3.8) is 0 Å². The maximum Gasteiger partial charge on any atom is 0.293 e. The third kappa shape index (κ3) is 5.97. The summed E-state index contributed by atoms with van der Waals surface area (Å²) < 4.78 is 17.3. The normalized spacial score (nSPS) is 14.2. The predicted molar refractivity (Wildman–Crippen MR) is 132 cm³/mol. The fraction of sp³-hybridized carbons (Fsp3) is 0.250. The Bertz CT molecular complexity index is 1360. The van der Waals surface area contributed by atoms with Gasteiger partial charge in [0.2, 0.25) is 11.6 Å². The highest BCUT2D eigenvalue weighted by Crippen LogP contribution is 2.18. The van der Waals surface area contributed by atoms with Gasteiger partial charge in [0, 0.05) is 19.6 Å². The number of anilines is 1. The maximum absolute atomic E-state index is 13.0. The highest BCUT2D eigenvalue weighted by Gasteiger charge is 2.26. The highest BCUT2D eigenvalue weighted by atomic mass is 16.6. The van der Waals surface area contributed by atoms with Gasteiger partial charge in [0.05, 0.1) is 25.1 Å². The molecule has 13 heteroatoms.